The number of nitrogens with zero attached hydrogens (tertiary/aromatic N) is 2. The zero-order chi connectivity index (χ0) is 12.5. The van der Waals surface area contributed by atoms with E-state index in [1.807, 2.05) is 12.1 Å². The molecule has 1 aliphatic rings. The Morgan fingerprint density at radius 1 is 1.39 bits per heavy atom. The maximum absolute atomic E-state index is 11.2. The highest BCUT2D eigenvalue weighted by Crippen LogP contribution is 2.35. The molecule has 1 N–H and O–H groups in total. The van der Waals surface area contributed by atoms with Crippen molar-refractivity contribution in [1.29, 1.82) is 0 Å². The van der Waals surface area contributed by atoms with E-state index in [-0.39, 0.29) is 5.92 Å². The van der Waals surface area contributed by atoms with Crippen LogP contribution in [0.2, 0.25) is 0 Å². The fourth-order valence-electron chi connectivity index (χ4n) is 2.76. The van der Waals surface area contributed by atoms with Crippen molar-refractivity contribution in [2.24, 2.45) is 0 Å². The first-order valence-corrected chi connectivity index (χ1v) is 6.11. The fourth-order valence-corrected chi connectivity index (χ4v) is 2.76. The van der Waals surface area contributed by atoms with Crippen molar-refractivity contribution < 1.29 is 9.90 Å². The van der Waals surface area contributed by atoms with Gasteiger partial charge < -0.3 is 5.11 Å². The summed E-state index contributed by atoms with van der Waals surface area (Å²) < 4.78 is 1.23. The quantitative estimate of drug-likeness (QED) is 0.836. The Labute approximate surface area is 105 Å². The van der Waals surface area contributed by atoms with Crippen LogP contribution in [0.4, 0.5) is 4.79 Å². The molecule has 0 bridgehead atoms. The molecular weight excluding hydrogens is 228 g/mol. The van der Waals surface area contributed by atoms with Crippen LogP contribution in [0.25, 0.3) is 0 Å². The summed E-state index contributed by atoms with van der Waals surface area (Å²) in [6.45, 7) is 0. The molecule has 1 aromatic heterocycles. The van der Waals surface area contributed by atoms with Crippen molar-refractivity contribution in [3.63, 3.8) is 0 Å². The van der Waals surface area contributed by atoms with Gasteiger partial charge in [-0.3, -0.25) is 0 Å². The van der Waals surface area contributed by atoms with E-state index in [4.69, 9.17) is 5.11 Å². The van der Waals surface area contributed by atoms with Crippen molar-refractivity contribution in [1.82, 2.24) is 9.55 Å². The SMILES string of the molecule is O=C(O)n1ccnc1C1CCCc2ccccc21. The fraction of sp³-hybridized carbons (Fsp3) is 0.286. The van der Waals surface area contributed by atoms with Crippen molar-refractivity contribution in [2.45, 2.75) is 25.2 Å². The van der Waals surface area contributed by atoms with Gasteiger partial charge in [0.25, 0.3) is 0 Å². The molecule has 3 rings (SSSR count). The van der Waals surface area contributed by atoms with Gasteiger partial charge in [0.15, 0.2) is 0 Å². The van der Waals surface area contributed by atoms with Crippen LogP contribution in [-0.2, 0) is 6.42 Å². The van der Waals surface area contributed by atoms with Gasteiger partial charge in [-0.05, 0) is 30.4 Å². The zero-order valence-electron chi connectivity index (χ0n) is 9.91. The van der Waals surface area contributed by atoms with Gasteiger partial charge in [-0.15, -0.1) is 0 Å². The number of aromatic nitrogens is 2. The Hall–Kier alpha value is -2.10. The molecule has 0 aliphatic heterocycles. The van der Waals surface area contributed by atoms with Crippen LogP contribution >= 0.6 is 0 Å². The predicted octanol–water partition coefficient (Wildman–Crippen LogP) is 2.88. The third-order valence-electron chi connectivity index (χ3n) is 3.56. The lowest BCUT2D eigenvalue weighted by molar-refractivity contribution is 0.195. The second-order valence-corrected chi connectivity index (χ2v) is 4.58. The number of aryl methyl sites for hydroxylation is 1. The van der Waals surface area contributed by atoms with Gasteiger partial charge >= 0.3 is 6.09 Å². The molecule has 1 atom stereocenters. The second kappa shape index (κ2) is 4.29. The van der Waals surface area contributed by atoms with E-state index >= 15 is 0 Å². The van der Waals surface area contributed by atoms with Crippen LogP contribution in [-0.4, -0.2) is 20.8 Å². The number of hydrogen-bond donors (Lipinski definition) is 1. The van der Waals surface area contributed by atoms with Gasteiger partial charge in [-0.25, -0.2) is 14.3 Å². The van der Waals surface area contributed by atoms with Crippen molar-refractivity contribution in [2.75, 3.05) is 0 Å². The zero-order valence-corrected chi connectivity index (χ0v) is 9.91. The topological polar surface area (TPSA) is 55.1 Å². The van der Waals surface area contributed by atoms with Crippen molar-refractivity contribution in [3.05, 3.63) is 53.6 Å². The van der Waals surface area contributed by atoms with Gasteiger partial charge in [0.05, 0.1) is 0 Å². The summed E-state index contributed by atoms with van der Waals surface area (Å²) in [5.41, 5.74) is 2.53. The van der Waals surface area contributed by atoms with Crippen LogP contribution in [0, 0.1) is 0 Å². The van der Waals surface area contributed by atoms with Crippen LogP contribution in [0.15, 0.2) is 36.7 Å². The minimum atomic E-state index is -0.967. The van der Waals surface area contributed by atoms with Gasteiger partial charge in [-0.1, -0.05) is 24.3 Å². The maximum atomic E-state index is 11.2. The van der Waals surface area contributed by atoms with Gasteiger partial charge in [0.2, 0.25) is 0 Å². The number of carbonyl (C=O) groups is 1. The van der Waals surface area contributed by atoms with Crippen LogP contribution in [0.5, 0.6) is 0 Å². The molecule has 1 aromatic carbocycles. The van der Waals surface area contributed by atoms with Crippen LogP contribution < -0.4 is 0 Å². The van der Waals surface area contributed by atoms with Crippen molar-refractivity contribution >= 4 is 6.09 Å². The van der Waals surface area contributed by atoms with E-state index in [0.717, 1.165) is 19.3 Å². The molecule has 0 fully saturated rings. The number of hydrogen-bond acceptors (Lipinski definition) is 2. The summed E-state index contributed by atoms with van der Waals surface area (Å²) in [6.07, 6.45) is 5.21. The Bertz CT molecular complexity index is 589. The first-order chi connectivity index (χ1) is 8.77. The smallest absolute Gasteiger partial charge is 0.417 e. The first kappa shape index (κ1) is 11.0. The van der Waals surface area contributed by atoms with E-state index in [2.05, 4.69) is 17.1 Å². The normalized spacial score (nSPS) is 18.3. The van der Waals surface area contributed by atoms with Crippen molar-refractivity contribution in [3.8, 4) is 0 Å². The molecule has 0 spiro atoms. The highest BCUT2D eigenvalue weighted by atomic mass is 16.4. The number of benzene rings is 1. The number of fused-ring (bicyclic) bond motifs is 1. The van der Waals surface area contributed by atoms with E-state index in [9.17, 15) is 4.79 Å². The van der Waals surface area contributed by atoms with Crippen LogP contribution in [0.1, 0.15) is 35.7 Å². The lowest BCUT2D eigenvalue weighted by Crippen LogP contribution is -2.19. The minimum Gasteiger partial charge on any atom is -0.464 e. The van der Waals surface area contributed by atoms with E-state index in [1.165, 1.54) is 21.9 Å². The molecule has 4 nitrogen and oxygen atoms in total. The number of carboxylic acid groups (broad SMARTS) is 1. The van der Waals surface area contributed by atoms with E-state index in [0.29, 0.717) is 5.82 Å². The molecule has 1 heterocycles. The Balaban J connectivity index is 2.08. The highest BCUT2D eigenvalue weighted by molar-refractivity contribution is 5.69. The monoisotopic (exact) mass is 242 g/mol. The maximum Gasteiger partial charge on any atom is 0.417 e. The summed E-state index contributed by atoms with van der Waals surface area (Å²) in [5, 5.41) is 9.16. The third kappa shape index (κ3) is 1.70. The lowest BCUT2D eigenvalue weighted by Gasteiger charge is -2.24. The van der Waals surface area contributed by atoms with Crippen LogP contribution in [0.3, 0.4) is 0 Å². The summed E-state index contributed by atoms with van der Waals surface area (Å²) in [6, 6.07) is 8.24. The summed E-state index contributed by atoms with van der Waals surface area (Å²) in [4.78, 5) is 15.4. The molecule has 1 aliphatic carbocycles. The van der Waals surface area contributed by atoms with E-state index in [1.54, 1.807) is 6.20 Å². The molecule has 4 heteroatoms. The third-order valence-corrected chi connectivity index (χ3v) is 3.56. The van der Waals surface area contributed by atoms with Gasteiger partial charge in [0, 0.05) is 18.3 Å². The first-order valence-electron chi connectivity index (χ1n) is 6.11. The summed E-state index contributed by atoms with van der Waals surface area (Å²) in [7, 11) is 0. The molecule has 0 amide bonds. The Morgan fingerprint density at radius 3 is 3.06 bits per heavy atom. The Morgan fingerprint density at radius 2 is 2.22 bits per heavy atom. The van der Waals surface area contributed by atoms with Gasteiger partial charge in [0.1, 0.15) is 5.82 Å². The van der Waals surface area contributed by atoms with Gasteiger partial charge in [-0.2, -0.15) is 0 Å². The molecule has 18 heavy (non-hydrogen) atoms. The summed E-state index contributed by atoms with van der Waals surface area (Å²) in [5.74, 6) is 0.732. The molecular formula is C14H14N2O2. The molecule has 0 radical (unpaired) electrons. The minimum absolute atomic E-state index is 0.0982. The summed E-state index contributed by atoms with van der Waals surface area (Å²) >= 11 is 0. The largest absolute Gasteiger partial charge is 0.464 e. The average molecular weight is 242 g/mol. The highest BCUT2D eigenvalue weighted by Gasteiger charge is 2.26. The standard InChI is InChI=1S/C14H14N2O2/c17-14(18)16-9-8-15-13(16)12-7-3-5-10-4-1-2-6-11(10)12/h1-2,4,6,8-9,12H,3,5,7H2,(H,17,18). The Kier molecular flexibility index (Phi) is 2.63. The lowest BCUT2D eigenvalue weighted by atomic mass is 9.82. The molecule has 2 aromatic rings. The number of rotatable bonds is 1. The second-order valence-electron chi connectivity index (χ2n) is 4.58. The molecule has 1 unspecified atom stereocenters. The predicted molar refractivity (Wildman–Crippen MR) is 66.9 cm³/mol. The number of imidazole rings is 1. The molecule has 92 valence electrons. The molecule has 0 saturated heterocycles. The van der Waals surface area contributed by atoms with E-state index < -0.39 is 6.09 Å². The molecule has 0 saturated carbocycles. The average Bonchev–Trinajstić information content (AvgIpc) is 2.87.